The van der Waals surface area contributed by atoms with Gasteiger partial charge >= 0.3 is 0 Å². The smallest absolute Gasteiger partial charge is 0.254 e. The van der Waals surface area contributed by atoms with Crippen LogP contribution in [0.5, 0.6) is 0 Å². The normalized spacial score (nSPS) is 15.3. The van der Waals surface area contributed by atoms with Gasteiger partial charge in [0, 0.05) is 11.1 Å². The molecule has 1 N–H and O–H groups in total. The number of carbonyl (C=O) groups excluding carboxylic acids is 1. The Morgan fingerprint density at radius 3 is 2.50 bits per heavy atom. The molecule has 0 bridgehead atoms. The number of hydrogen-bond donors (Lipinski definition) is 1. The highest BCUT2D eigenvalue weighted by atomic mass is 16.2. The Hall–Kier alpha value is -2.65. The summed E-state index contributed by atoms with van der Waals surface area (Å²) < 4.78 is 0. The van der Waals surface area contributed by atoms with E-state index in [1.54, 1.807) is 4.90 Å². The zero-order valence-corrected chi connectivity index (χ0v) is 15.2. The van der Waals surface area contributed by atoms with Crippen molar-refractivity contribution in [1.82, 2.24) is 4.90 Å². The Kier molecular flexibility index (Phi) is 4.72. The lowest BCUT2D eigenvalue weighted by Crippen LogP contribution is -3.13. The van der Waals surface area contributed by atoms with Crippen molar-refractivity contribution >= 4 is 16.7 Å². The first-order valence-corrected chi connectivity index (χ1v) is 9.37. The summed E-state index contributed by atoms with van der Waals surface area (Å²) in [6, 6.07) is 23.0. The average molecular weight is 345 g/mol. The minimum absolute atomic E-state index is 0.165. The average Bonchev–Trinajstić information content (AvgIpc) is 2.68. The van der Waals surface area contributed by atoms with Crippen molar-refractivity contribution in [3.05, 3.63) is 83.4 Å². The van der Waals surface area contributed by atoms with Crippen LogP contribution < -0.4 is 4.90 Å². The second-order valence-electron chi connectivity index (χ2n) is 7.23. The summed E-state index contributed by atoms with van der Waals surface area (Å²) in [6.07, 6.45) is 0. The van der Waals surface area contributed by atoms with Gasteiger partial charge in [-0.25, -0.2) is 0 Å². The molecule has 4 rings (SSSR count). The molecule has 0 spiro atoms. The molecule has 3 nitrogen and oxygen atoms in total. The molecule has 0 aliphatic carbocycles. The fourth-order valence-electron chi connectivity index (χ4n) is 3.88. The molecule has 0 radical (unpaired) electrons. The van der Waals surface area contributed by atoms with Crippen molar-refractivity contribution in [3.8, 4) is 0 Å². The Labute approximate surface area is 154 Å². The zero-order chi connectivity index (χ0) is 17.9. The molecule has 1 heterocycles. The lowest BCUT2D eigenvalue weighted by molar-refractivity contribution is -0.917. The van der Waals surface area contributed by atoms with E-state index in [-0.39, 0.29) is 5.91 Å². The second kappa shape index (κ2) is 7.30. The monoisotopic (exact) mass is 345 g/mol. The first-order chi connectivity index (χ1) is 12.7. The lowest BCUT2D eigenvalue weighted by atomic mass is 10.0. The predicted octanol–water partition coefficient (Wildman–Crippen LogP) is 2.69. The van der Waals surface area contributed by atoms with Gasteiger partial charge in [-0.1, -0.05) is 60.2 Å². The number of quaternary nitrogens is 1. The molecule has 26 heavy (non-hydrogen) atoms. The van der Waals surface area contributed by atoms with E-state index in [4.69, 9.17) is 0 Å². The van der Waals surface area contributed by atoms with Crippen LogP contribution in [0.15, 0.2) is 66.7 Å². The molecule has 3 aromatic carbocycles. The van der Waals surface area contributed by atoms with E-state index >= 15 is 0 Å². The van der Waals surface area contributed by atoms with E-state index in [0.29, 0.717) is 0 Å². The van der Waals surface area contributed by atoms with Gasteiger partial charge in [0.1, 0.15) is 6.54 Å². The molecule has 0 atom stereocenters. The highest BCUT2D eigenvalue weighted by molar-refractivity contribution is 5.94. The Balaban J connectivity index is 1.41. The van der Waals surface area contributed by atoms with Crippen LogP contribution in [-0.4, -0.2) is 37.0 Å². The lowest BCUT2D eigenvalue weighted by Gasteiger charge is -2.32. The van der Waals surface area contributed by atoms with E-state index in [0.717, 1.165) is 43.9 Å². The molecule has 3 aromatic rings. The number of hydrogen-bond acceptors (Lipinski definition) is 1. The zero-order valence-electron chi connectivity index (χ0n) is 15.2. The number of rotatable bonds is 3. The van der Waals surface area contributed by atoms with Gasteiger partial charge in [-0.3, -0.25) is 4.79 Å². The van der Waals surface area contributed by atoms with E-state index < -0.39 is 0 Å². The number of carbonyl (C=O) groups is 1. The third-order valence-electron chi connectivity index (χ3n) is 5.34. The van der Waals surface area contributed by atoms with Crippen molar-refractivity contribution in [2.24, 2.45) is 0 Å². The van der Waals surface area contributed by atoms with Crippen LogP contribution in [-0.2, 0) is 6.54 Å². The third kappa shape index (κ3) is 3.49. The Morgan fingerprint density at radius 1 is 0.962 bits per heavy atom. The number of fused-ring (bicyclic) bond motifs is 1. The highest BCUT2D eigenvalue weighted by Crippen LogP contribution is 2.17. The van der Waals surface area contributed by atoms with Gasteiger partial charge in [0.2, 0.25) is 0 Å². The van der Waals surface area contributed by atoms with Crippen LogP contribution in [0, 0.1) is 6.92 Å². The molecular formula is C23H25N2O+. The summed E-state index contributed by atoms with van der Waals surface area (Å²) in [5.41, 5.74) is 3.34. The summed E-state index contributed by atoms with van der Waals surface area (Å²) in [4.78, 5) is 16.3. The molecule has 1 aliphatic rings. The summed E-state index contributed by atoms with van der Waals surface area (Å²) in [5, 5.41) is 2.65. The molecular weight excluding hydrogens is 320 g/mol. The maximum absolute atomic E-state index is 12.7. The number of benzene rings is 3. The van der Waals surface area contributed by atoms with Gasteiger partial charge in [0.25, 0.3) is 5.91 Å². The van der Waals surface area contributed by atoms with E-state index in [2.05, 4.69) is 42.5 Å². The fraction of sp³-hybridized carbons (Fsp3) is 0.261. The first kappa shape index (κ1) is 16.8. The molecule has 1 amide bonds. The fourth-order valence-corrected chi connectivity index (χ4v) is 3.88. The minimum Gasteiger partial charge on any atom is -0.328 e. The molecule has 1 aliphatic heterocycles. The van der Waals surface area contributed by atoms with Gasteiger partial charge < -0.3 is 9.80 Å². The number of piperazine rings is 1. The molecule has 1 saturated heterocycles. The number of aryl methyl sites for hydroxylation is 1. The van der Waals surface area contributed by atoms with E-state index in [1.165, 1.54) is 16.3 Å². The van der Waals surface area contributed by atoms with Crippen LogP contribution in [0.4, 0.5) is 0 Å². The largest absolute Gasteiger partial charge is 0.328 e. The van der Waals surface area contributed by atoms with Gasteiger partial charge in [0.05, 0.1) is 26.2 Å². The number of nitrogens with one attached hydrogen (secondary N) is 1. The Bertz CT molecular complexity index is 921. The van der Waals surface area contributed by atoms with Crippen molar-refractivity contribution in [2.75, 3.05) is 26.2 Å². The van der Waals surface area contributed by atoms with Gasteiger partial charge in [-0.05, 0) is 29.8 Å². The van der Waals surface area contributed by atoms with Crippen LogP contribution in [0.25, 0.3) is 10.8 Å². The van der Waals surface area contributed by atoms with Crippen molar-refractivity contribution in [2.45, 2.75) is 13.5 Å². The topological polar surface area (TPSA) is 24.8 Å². The minimum atomic E-state index is 0.165. The maximum atomic E-state index is 12.7. The van der Waals surface area contributed by atoms with Crippen LogP contribution in [0.1, 0.15) is 21.5 Å². The van der Waals surface area contributed by atoms with E-state index in [1.807, 2.05) is 36.1 Å². The van der Waals surface area contributed by atoms with E-state index in [9.17, 15) is 4.79 Å². The summed E-state index contributed by atoms with van der Waals surface area (Å²) in [7, 11) is 0. The van der Waals surface area contributed by atoms with Crippen molar-refractivity contribution in [1.29, 1.82) is 0 Å². The van der Waals surface area contributed by atoms with Crippen molar-refractivity contribution < 1.29 is 9.69 Å². The highest BCUT2D eigenvalue weighted by Gasteiger charge is 2.24. The van der Waals surface area contributed by atoms with Crippen molar-refractivity contribution in [3.63, 3.8) is 0 Å². The van der Waals surface area contributed by atoms with Crippen LogP contribution in [0.2, 0.25) is 0 Å². The molecule has 0 aromatic heterocycles. The van der Waals surface area contributed by atoms with Gasteiger partial charge in [-0.2, -0.15) is 0 Å². The molecule has 3 heteroatoms. The number of amides is 1. The Morgan fingerprint density at radius 2 is 1.69 bits per heavy atom. The third-order valence-corrected chi connectivity index (χ3v) is 5.34. The summed E-state index contributed by atoms with van der Waals surface area (Å²) >= 11 is 0. The number of nitrogens with zero attached hydrogens (tertiary/aromatic N) is 1. The SMILES string of the molecule is Cc1cccc(C(=O)N2CC[NH+](Cc3cccc4ccccc34)CC2)c1. The predicted molar refractivity (Wildman–Crippen MR) is 105 cm³/mol. The van der Waals surface area contributed by atoms with Gasteiger partial charge in [0.15, 0.2) is 0 Å². The second-order valence-corrected chi connectivity index (χ2v) is 7.23. The molecule has 0 saturated carbocycles. The van der Waals surface area contributed by atoms with Gasteiger partial charge in [-0.15, -0.1) is 0 Å². The summed E-state index contributed by atoms with van der Waals surface area (Å²) in [6.45, 7) is 6.71. The van der Waals surface area contributed by atoms with Crippen LogP contribution in [0.3, 0.4) is 0 Å². The molecule has 0 unspecified atom stereocenters. The quantitative estimate of drug-likeness (QED) is 0.776. The summed E-state index contributed by atoms with van der Waals surface area (Å²) in [5.74, 6) is 0.165. The maximum Gasteiger partial charge on any atom is 0.254 e. The molecule has 1 fully saturated rings. The van der Waals surface area contributed by atoms with Crippen LogP contribution >= 0.6 is 0 Å². The molecule has 132 valence electrons. The standard InChI is InChI=1S/C23H24N2O/c1-18-6-4-9-20(16-18)23(26)25-14-12-24(13-15-25)17-21-10-5-8-19-7-2-3-11-22(19)21/h2-11,16H,12-15,17H2,1H3/p+1. The first-order valence-electron chi connectivity index (χ1n) is 9.37.